The van der Waals surface area contributed by atoms with Crippen LogP contribution in [-0.2, 0) is 5.41 Å². The highest BCUT2D eigenvalue weighted by Gasteiger charge is 2.14. The summed E-state index contributed by atoms with van der Waals surface area (Å²) in [4.78, 5) is 2.31. The van der Waals surface area contributed by atoms with Gasteiger partial charge in [-0.25, -0.2) is 0 Å². The van der Waals surface area contributed by atoms with Crippen LogP contribution in [-0.4, -0.2) is 0 Å². The maximum atomic E-state index is 2.31. The molecule has 0 heterocycles. The van der Waals surface area contributed by atoms with E-state index in [0.717, 1.165) is 17.1 Å². The highest BCUT2D eigenvalue weighted by Crippen LogP contribution is 2.36. The van der Waals surface area contributed by atoms with Crippen molar-refractivity contribution in [2.24, 2.45) is 0 Å². The van der Waals surface area contributed by atoms with E-state index in [2.05, 4.69) is 137 Å². The molecule has 0 saturated heterocycles. The number of anilines is 3. The molecule has 0 saturated carbocycles. The minimum absolute atomic E-state index is 0.172. The lowest BCUT2D eigenvalue weighted by atomic mass is 9.86. The molecule has 4 aromatic rings. The van der Waals surface area contributed by atoms with Gasteiger partial charge >= 0.3 is 0 Å². The van der Waals surface area contributed by atoms with Crippen molar-refractivity contribution in [3.8, 4) is 11.1 Å². The molecule has 0 fully saturated rings. The fourth-order valence-electron chi connectivity index (χ4n) is 3.80. The van der Waals surface area contributed by atoms with Gasteiger partial charge < -0.3 is 4.90 Å². The highest BCUT2D eigenvalue weighted by molar-refractivity contribution is 5.78. The van der Waals surface area contributed by atoms with Crippen molar-refractivity contribution >= 4 is 17.1 Å². The smallest absolute Gasteiger partial charge is 0.0462 e. The predicted molar refractivity (Wildman–Crippen MR) is 135 cm³/mol. The first-order valence-electron chi connectivity index (χ1n) is 11.0. The Bertz CT molecular complexity index is 1080. The average Bonchev–Trinajstić information content (AvgIpc) is 2.77. The first-order valence-corrected chi connectivity index (χ1v) is 11.0. The lowest BCUT2D eigenvalue weighted by Crippen LogP contribution is -2.10. The summed E-state index contributed by atoms with van der Waals surface area (Å²) >= 11 is 0. The molecule has 0 bridgehead atoms. The summed E-state index contributed by atoms with van der Waals surface area (Å²) in [5.41, 5.74) is 10.0. The fraction of sp³-hybridized carbons (Fsp3) is 0.200. The maximum Gasteiger partial charge on any atom is 0.0462 e. The molecule has 0 spiro atoms. The normalized spacial score (nSPS) is 11.4. The van der Waals surface area contributed by atoms with Crippen LogP contribution in [0.25, 0.3) is 11.1 Å². The number of rotatable bonds is 4. The maximum absolute atomic E-state index is 2.31. The van der Waals surface area contributed by atoms with Crippen molar-refractivity contribution in [3.63, 3.8) is 0 Å². The number of benzene rings is 4. The molecule has 0 aliphatic rings. The summed E-state index contributed by atoms with van der Waals surface area (Å²) in [7, 11) is 0. The van der Waals surface area contributed by atoms with Crippen LogP contribution in [0.15, 0.2) is 97.1 Å². The van der Waals surface area contributed by atoms with Crippen LogP contribution in [0.5, 0.6) is 0 Å². The van der Waals surface area contributed by atoms with Crippen molar-refractivity contribution < 1.29 is 0 Å². The average molecular weight is 406 g/mol. The lowest BCUT2D eigenvalue weighted by molar-refractivity contribution is 0.590. The third kappa shape index (κ3) is 4.72. The monoisotopic (exact) mass is 405 g/mol. The van der Waals surface area contributed by atoms with E-state index in [1.54, 1.807) is 0 Å². The van der Waals surface area contributed by atoms with Crippen LogP contribution < -0.4 is 4.90 Å². The minimum atomic E-state index is 0.172. The lowest BCUT2D eigenvalue weighted by Gasteiger charge is -2.26. The zero-order valence-corrected chi connectivity index (χ0v) is 19.2. The van der Waals surface area contributed by atoms with Crippen LogP contribution in [0.2, 0.25) is 0 Å². The molecule has 31 heavy (non-hydrogen) atoms. The Morgan fingerprint density at radius 1 is 0.452 bits per heavy atom. The summed E-state index contributed by atoms with van der Waals surface area (Å²) in [6, 6.07) is 35.2. The molecule has 0 aliphatic carbocycles. The van der Waals surface area contributed by atoms with E-state index in [-0.39, 0.29) is 5.41 Å². The van der Waals surface area contributed by atoms with E-state index < -0.39 is 0 Å². The second kappa shape index (κ2) is 8.43. The largest absolute Gasteiger partial charge is 0.311 e. The molecular formula is C30H31N. The summed E-state index contributed by atoms with van der Waals surface area (Å²) in [6.07, 6.45) is 0. The summed E-state index contributed by atoms with van der Waals surface area (Å²) in [5.74, 6) is 0. The predicted octanol–water partition coefficient (Wildman–Crippen LogP) is 8.74. The Balaban J connectivity index is 1.69. The molecule has 1 heteroatoms. The van der Waals surface area contributed by atoms with Gasteiger partial charge in [-0.3, -0.25) is 0 Å². The van der Waals surface area contributed by atoms with Crippen molar-refractivity contribution in [1.29, 1.82) is 0 Å². The van der Waals surface area contributed by atoms with Crippen LogP contribution in [0.3, 0.4) is 0 Å². The van der Waals surface area contributed by atoms with Gasteiger partial charge in [0.05, 0.1) is 0 Å². The SMILES string of the molecule is Cc1ccc(N(c2ccc(C)cc2)c2ccc(-c3ccc(C(C)(C)C)cc3)cc2)cc1. The van der Waals surface area contributed by atoms with Gasteiger partial charge in [-0.15, -0.1) is 0 Å². The standard InChI is InChI=1S/C30H31N/c1-22-6-16-27(17-7-22)31(28-18-8-23(2)9-19-28)29-20-12-25(13-21-29)24-10-14-26(15-11-24)30(3,4)5/h6-21H,1-5H3. The molecular weight excluding hydrogens is 374 g/mol. The summed E-state index contributed by atoms with van der Waals surface area (Å²) in [5, 5.41) is 0. The molecule has 4 aromatic carbocycles. The van der Waals surface area contributed by atoms with Gasteiger partial charge in [-0.2, -0.15) is 0 Å². The second-order valence-electron chi connectivity index (χ2n) is 9.38. The Morgan fingerprint density at radius 2 is 0.774 bits per heavy atom. The van der Waals surface area contributed by atoms with Gasteiger partial charge in [0.25, 0.3) is 0 Å². The molecule has 4 rings (SSSR count). The van der Waals surface area contributed by atoms with Gasteiger partial charge in [-0.1, -0.05) is 92.6 Å². The Labute approximate surface area is 187 Å². The fourth-order valence-corrected chi connectivity index (χ4v) is 3.80. The quantitative estimate of drug-likeness (QED) is 0.328. The Hall–Kier alpha value is -3.32. The third-order valence-corrected chi connectivity index (χ3v) is 5.79. The van der Waals surface area contributed by atoms with E-state index in [1.807, 2.05) is 0 Å². The van der Waals surface area contributed by atoms with E-state index in [0.29, 0.717) is 0 Å². The second-order valence-corrected chi connectivity index (χ2v) is 9.38. The molecule has 0 aliphatic heterocycles. The van der Waals surface area contributed by atoms with Crippen LogP contribution in [0.4, 0.5) is 17.1 Å². The van der Waals surface area contributed by atoms with E-state index in [9.17, 15) is 0 Å². The van der Waals surface area contributed by atoms with Crippen LogP contribution in [0, 0.1) is 13.8 Å². The van der Waals surface area contributed by atoms with Crippen LogP contribution in [0.1, 0.15) is 37.5 Å². The van der Waals surface area contributed by atoms with Crippen LogP contribution >= 0.6 is 0 Å². The van der Waals surface area contributed by atoms with Crippen molar-refractivity contribution in [1.82, 2.24) is 0 Å². The summed E-state index contributed by atoms with van der Waals surface area (Å²) in [6.45, 7) is 11.0. The molecule has 0 unspecified atom stereocenters. The van der Waals surface area contributed by atoms with Crippen molar-refractivity contribution in [3.05, 3.63) is 114 Å². The van der Waals surface area contributed by atoms with Crippen molar-refractivity contribution in [2.45, 2.75) is 40.0 Å². The zero-order chi connectivity index (χ0) is 22.0. The first-order chi connectivity index (χ1) is 14.8. The molecule has 0 amide bonds. The van der Waals surface area contributed by atoms with E-state index in [1.165, 1.54) is 27.8 Å². The number of hydrogen-bond donors (Lipinski definition) is 0. The third-order valence-electron chi connectivity index (χ3n) is 5.79. The first kappa shape index (κ1) is 20.9. The van der Waals surface area contributed by atoms with E-state index >= 15 is 0 Å². The number of nitrogens with zero attached hydrogens (tertiary/aromatic N) is 1. The Morgan fingerprint density at radius 3 is 1.13 bits per heavy atom. The van der Waals surface area contributed by atoms with Gasteiger partial charge in [0.1, 0.15) is 0 Å². The molecule has 1 nitrogen and oxygen atoms in total. The number of hydrogen-bond acceptors (Lipinski definition) is 1. The molecule has 0 aromatic heterocycles. The van der Waals surface area contributed by atoms with Gasteiger partial charge in [0.2, 0.25) is 0 Å². The highest BCUT2D eigenvalue weighted by atomic mass is 15.1. The molecule has 0 radical (unpaired) electrons. The Kier molecular flexibility index (Phi) is 5.69. The summed E-state index contributed by atoms with van der Waals surface area (Å²) < 4.78 is 0. The zero-order valence-electron chi connectivity index (χ0n) is 19.2. The van der Waals surface area contributed by atoms with Gasteiger partial charge in [-0.05, 0) is 72.4 Å². The van der Waals surface area contributed by atoms with Crippen molar-refractivity contribution in [2.75, 3.05) is 4.90 Å². The molecule has 0 N–H and O–H groups in total. The topological polar surface area (TPSA) is 3.24 Å². The van der Waals surface area contributed by atoms with Gasteiger partial charge in [0, 0.05) is 17.1 Å². The molecule has 156 valence electrons. The van der Waals surface area contributed by atoms with Gasteiger partial charge in [0.15, 0.2) is 0 Å². The minimum Gasteiger partial charge on any atom is -0.311 e. The number of aryl methyl sites for hydroxylation is 2. The molecule has 0 atom stereocenters. The van der Waals surface area contributed by atoms with E-state index in [4.69, 9.17) is 0 Å².